The van der Waals surface area contributed by atoms with Crippen LogP contribution in [0.2, 0.25) is 0 Å². The number of hydrogen-bond donors (Lipinski definition) is 2. The van der Waals surface area contributed by atoms with E-state index in [0.29, 0.717) is 30.3 Å². The first-order valence-electron chi connectivity index (χ1n) is 6.80. The lowest BCUT2D eigenvalue weighted by atomic mass is 10.1. The molecule has 0 saturated carbocycles. The van der Waals surface area contributed by atoms with Crippen molar-refractivity contribution in [2.45, 2.75) is 18.9 Å². The van der Waals surface area contributed by atoms with Gasteiger partial charge < -0.3 is 19.9 Å². The van der Waals surface area contributed by atoms with Crippen LogP contribution in [0.25, 0.3) is 0 Å². The lowest BCUT2D eigenvalue weighted by molar-refractivity contribution is -0.118. The van der Waals surface area contributed by atoms with Crippen LogP contribution in [0.15, 0.2) is 18.2 Å². The molecule has 6 nitrogen and oxygen atoms in total. The summed E-state index contributed by atoms with van der Waals surface area (Å²) in [6.07, 6.45) is 1.43. The zero-order chi connectivity index (χ0) is 13.9. The summed E-state index contributed by atoms with van der Waals surface area (Å²) in [7, 11) is 0. The van der Waals surface area contributed by atoms with Gasteiger partial charge in [-0.25, -0.2) is 0 Å². The maximum absolute atomic E-state index is 12.0. The summed E-state index contributed by atoms with van der Waals surface area (Å²) >= 11 is 0. The predicted molar refractivity (Wildman–Crippen MR) is 72.9 cm³/mol. The predicted octanol–water partition coefficient (Wildman–Crippen LogP) is 0.810. The second-order valence-electron chi connectivity index (χ2n) is 5.15. The maximum atomic E-state index is 12.0. The Balaban J connectivity index is 1.56. The van der Waals surface area contributed by atoms with Crippen LogP contribution < -0.4 is 14.8 Å². The van der Waals surface area contributed by atoms with Gasteiger partial charge in [0.15, 0.2) is 11.5 Å². The van der Waals surface area contributed by atoms with Gasteiger partial charge in [0.1, 0.15) is 0 Å². The molecule has 2 aliphatic heterocycles. The topological polar surface area (TPSA) is 71.0 Å². The first-order valence-corrected chi connectivity index (χ1v) is 6.80. The number of β-amino-alcohol motifs (C(OH)–C–C–N with tert-alkyl or cyclic N) is 1. The lowest BCUT2D eigenvalue weighted by Crippen LogP contribution is -2.42. The average molecular weight is 278 g/mol. The minimum absolute atomic E-state index is 0.0852. The van der Waals surface area contributed by atoms with Crippen molar-refractivity contribution in [3.05, 3.63) is 18.2 Å². The van der Waals surface area contributed by atoms with Crippen LogP contribution in [0, 0.1) is 0 Å². The highest BCUT2D eigenvalue weighted by atomic mass is 16.7. The number of carbonyl (C=O) groups is 1. The summed E-state index contributed by atoms with van der Waals surface area (Å²) < 4.78 is 10.5. The summed E-state index contributed by atoms with van der Waals surface area (Å²) in [4.78, 5) is 13.9. The largest absolute Gasteiger partial charge is 0.454 e. The highest BCUT2D eigenvalue weighted by Gasteiger charge is 2.20. The molecule has 1 aromatic carbocycles. The molecule has 0 unspecified atom stereocenters. The molecule has 1 saturated heterocycles. The number of amides is 1. The van der Waals surface area contributed by atoms with Gasteiger partial charge in [-0.15, -0.1) is 0 Å². The highest BCUT2D eigenvalue weighted by molar-refractivity contribution is 5.92. The summed E-state index contributed by atoms with van der Waals surface area (Å²) in [5.41, 5.74) is 0.691. The van der Waals surface area contributed by atoms with Gasteiger partial charge in [0.25, 0.3) is 0 Å². The first kappa shape index (κ1) is 13.2. The van der Waals surface area contributed by atoms with E-state index in [1.807, 2.05) is 4.90 Å². The number of fused-ring (bicyclic) bond motifs is 1. The monoisotopic (exact) mass is 278 g/mol. The van der Waals surface area contributed by atoms with Crippen molar-refractivity contribution in [3.8, 4) is 11.5 Å². The third-order valence-electron chi connectivity index (χ3n) is 3.50. The molecule has 0 spiro atoms. The van der Waals surface area contributed by atoms with Gasteiger partial charge in [-0.1, -0.05) is 0 Å². The van der Waals surface area contributed by atoms with Crippen molar-refractivity contribution in [1.29, 1.82) is 0 Å². The molecule has 1 aromatic rings. The molecular weight excluding hydrogens is 260 g/mol. The third kappa shape index (κ3) is 3.02. The Labute approximate surface area is 117 Å². The van der Waals surface area contributed by atoms with Gasteiger partial charge in [-0.05, 0) is 31.5 Å². The van der Waals surface area contributed by atoms with E-state index in [4.69, 9.17) is 9.47 Å². The Morgan fingerprint density at radius 1 is 1.40 bits per heavy atom. The fourth-order valence-electron chi connectivity index (χ4n) is 2.55. The fourth-order valence-corrected chi connectivity index (χ4v) is 2.55. The van der Waals surface area contributed by atoms with E-state index in [9.17, 15) is 9.90 Å². The third-order valence-corrected chi connectivity index (χ3v) is 3.50. The molecule has 1 atom stereocenters. The van der Waals surface area contributed by atoms with E-state index in [2.05, 4.69) is 5.32 Å². The van der Waals surface area contributed by atoms with Crippen LogP contribution >= 0.6 is 0 Å². The van der Waals surface area contributed by atoms with Crippen LogP contribution in [0.4, 0.5) is 5.69 Å². The number of nitrogens with zero attached hydrogens (tertiary/aromatic N) is 1. The molecule has 0 aromatic heterocycles. The number of ether oxygens (including phenoxy) is 2. The number of piperidine rings is 1. The van der Waals surface area contributed by atoms with Gasteiger partial charge in [0, 0.05) is 18.3 Å². The number of likely N-dealkylation sites (tertiary alicyclic amines) is 1. The van der Waals surface area contributed by atoms with Crippen molar-refractivity contribution < 1.29 is 19.4 Å². The van der Waals surface area contributed by atoms with E-state index >= 15 is 0 Å². The highest BCUT2D eigenvalue weighted by Crippen LogP contribution is 2.34. The number of aliphatic hydroxyl groups is 1. The summed E-state index contributed by atoms with van der Waals surface area (Å²) in [6, 6.07) is 5.32. The Bertz CT molecular complexity index is 506. The Morgan fingerprint density at radius 2 is 2.25 bits per heavy atom. The van der Waals surface area contributed by atoms with Crippen molar-refractivity contribution in [2.75, 3.05) is 31.7 Å². The number of carbonyl (C=O) groups excluding carboxylic acids is 1. The van der Waals surface area contributed by atoms with Gasteiger partial charge in [0.05, 0.1) is 12.6 Å². The molecule has 20 heavy (non-hydrogen) atoms. The molecule has 6 heteroatoms. The Morgan fingerprint density at radius 3 is 3.10 bits per heavy atom. The quantitative estimate of drug-likeness (QED) is 0.856. The summed E-state index contributed by atoms with van der Waals surface area (Å²) in [5, 5.41) is 12.4. The van der Waals surface area contributed by atoms with Crippen molar-refractivity contribution in [2.24, 2.45) is 0 Å². The van der Waals surface area contributed by atoms with Crippen LogP contribution in [0.5, 0.6) is 11.5 Å². The molecule has 2 N–H and O–H groups in total. The molecule has 0 radical (unpaired) electrons. The molecular formula is C14H18N2O4. The van der Waals surface area contributed by atoms with Crippen LogP contribution in [0.1, 0.15) is 12.8 Å². The van der Waals surface area contributed by atoms with Gasteiger partial charge in [-0.3, -0.25) is 9.69 Å². The van der Waals surface area contributed by atoms with Crippen LogP contribution in [0.3, 0.4) is 0 Å². The molecule has 108 valence electrons. The number of nitrogens with one attached hydrogen (secondary N) is 1. The van der Waals surface area contributed by atoms with Crippen molar-refractivity contribution >= 4 is 11.6 Å². The molecule has 1 amide bonds. The van der Waals surface area contributed by atoms with Gasteiger partial charge >= 0.3 is 0 Å². The zero-order valence-electron chi connectivity index (χ0n) is 11.2. The van der Waals surface area contributed by atoms with E-state index in [-0.39, 0.29) is 18.8 Å². The van der Waals surface area contributed by atoms with E-state index in [0.717, 1.165) is 19.4 Å². The smallest absolute Gasteiger partial charge is 0.238 e. The van der Waals surface area contributed by atoms with Gasteiger partial charge in [0.2, 0.25) is 12.7 Å². The van der Waals surface area contributed by atoms with Crippen LogP contribution in [-0.2, 0) is 4.79 Å². The second kappa shape index (κ2) is 5.68. The molecule has 0 aliphatic carbocycles. The minimum atomic E-state index is -0.318. The number of rotatable bonds is 3. The normalized spacial score (nSPS) is 21.8. The molecule has 2 aliphatic rings. The SMILES string of the molecule is O=C(CN1CCC[C@H](O)C1)Nc1ccc2c(c1)OCO2. The number of benzene rings is 1. The van der Waals surface area contributed by atoms with Crippen molar-refractivity contribution in [3.63, 3.8) is 0 Å². The standard InChI is InChI=1S/C14H18N2O4/c17-11-2-1-5-16(7-11)8-14(18)15-10-3-4-12-13(6-10)20-9-19-12/h3-4,6,11,17H,1-2,5,7-9H2,(H,15,18)/t11-/m0/s1. The van der Waals surface area contributed by atoms with Gasteiger partial charge in [-0.2, -0.15) is 0 Å². The van der Waals surface area contributed by atoms with E-state index in [1.54, 1.807) is 18.2 Å². The fraction of sp³-hybridized carbons (Fsp3) is 0.500. The molecule has 0 bridgehead atoms. The average Bonchev–Trinajstić information content (AvgIpc) is 2.86. The lowest BCUT2D eigenvalue weighted by Gasteiger charge is -2.29. The number of hydrogen-bond acceptors (Lipinski definition) is 5. The summed E-state index contributed by atoms with van der Waals surface area (Å²) in [5.74, 6) is 1.26. The number of aliphatic hydroxyl groups excluding tert-OH is 1. The van der Waals surface area contributed by atoms with E-state index < -0.39 is 0 Å². The summed E-state index contributed by atoms with van der Waals surface area (Å²) in [6.45, 7) is 1.93. The molecule has 2 heterocycles. The Kier molecular flexibility index (Phi) is 3.75. The maximum Gasteiger partial charge on any atom is 0.238 e. The Hall–Kier alpha value is -1.79. The van der Waals surface area contributed by atoms with Crippen LogP contribution in [-0.4, -0.2) is 48.4 Å². The molecule has 3 rings (SSSR count). The minimum Gasteiger partial charge on any atom is -0.454 e. The molecule has 1 fully saturated rings. The zero-order valence-corrected chi connectivity index (χ0v) is 11.2. The first-order chi connectivity index (χ1) is 9.70. The van der Waals surface area contributed by atoms with E-state index in [1.165, 1.54) is 0 Å². The second-order valence-corrected chi connectivity index (χ2v) is 5.15. The van der Waals surface area contributed by atoms with Crippen molar-refractivity contribution in [1.82, 2.24) is 4.90 Å². The number of anilines is 1.